The first-order valence-corrected chi connectivity index (χ1v) is 13.9. The molecule has 0 saturated heterocycles. The van der Waals surface area contributed by atoms with Gasteiger partial charge in [-0.15, -0.1) is 0 Å². The fourth-order valence-electron chi connectivity index (χ4n) is 5.00. The predicted octanol–water partition coefficient (Wildman–Crippen LogP) is 7.36. The topological polar surface area (TPSA) is 88.1 Å². The van der Waals surface area contributed by atoms with Crippen molar-refractivity contribution in [1.82, 2.24) is 0 Å². The molecule has 1 aliphatic rings. The lowest BCUT2D eigenvalue weighted by Crippen LogP contribution is -2.38. The molecule has 220 valence electrons. The van der Waals surface area contributed by atoms with Crippen LogP contribution in [-0.4, -0.2) is 24.1 Å². The number of anilines is 2. The van der Waals surface area contributed by atoms with Gasteiger partial charge in [0.05, 0.1) is 17.8 Å². The lowest BCUT2D eigenvalue weighted by atomic mass is 9.84. The second-order valence-electron chi connectivity index (χ2n) is 11.1. The molecule has 1 unspecified atom stereocenters. The maximum Gasteiger partial charge on any atom is 0.298 e. The van der Waals surface area contributed by atoms with Crippen molar-refractivity contribution in [2.75, 3.05) is 16.8 Å². The summed E-state index contributed by atoms with van der Waals surface area (Å²) >= 11 is 0. The number of aryl methyl sites for hydroxylation is 1. The van der Waals surface area contributed by atoms with Crippen molar-refractivity contribution in [3.63, 3.8) is 0 Å². The highest BCUT2D eigenvalue weighted by Gasteiger charge is 2.40. The predicted molar refractivity (Wildman–Crippen MR) is 162 cm³/mol. The van der Waals surface area contributed by atoms with Crippen LogP contribution in [0.5, 0.6) is 11.5 Å². The van der Waals surface area contributed by atoms with Crippen molar-refractivity contribution in [2.45, 2.75) is 53.0 Å². The van der Waals surface area contributed by atoms with E-state index in [0.717, 1.165) is 17.5 Å². The molecule has 7 nitrogen and oxygen atoms in total. The maximum absolute atomic E-state index is 16.0. The molecule has 8 heteroatoms. The number of hydrogen-bond donors (Lipinski definition) is 2. The van der Waals surface area contributed by atoms with Gasteiger partial charge < -0.3 is 19.9 Å². The van der Waals surface area contributed by atoms with E-state index >= 15 is 4.39 Å². The highest BCUT2D eigenvalue weighted by atomic mass is 19.1. The molecule has 3 aromatic rings. The van der Waals surface area contributed by atoms with E-state index in [2.05, 4.69) is 25.7 Å². The number of carbonyl (C=O) groups excluding carboxylic acids is 2. The largest absolute Gasteiger partial charge is 0.506 e. The van der Waals surface area contributed by atoms with Gasteiger partial charge >= 0.3 is 0 Å². The molecule has 1 aliphatic heterocycles. The average molecular weight is 573 g/mol. The Morgan fingerprint density at radius 1 is 1.17 bits per heavy atom. The van der Waals surface area contributed by atoms with Gasteiger partial charge in [0.2, 0.25) is 5.91 Å². The van der Waals surface area contributed by atoms with Crippen molar-refractivity contribution >= 4 is 23.8 Å². The summed E-state index contributed by atoms with van der Waals surface area (Å²) in [6.45, 7) is 12.2. The lowest BCUT2D eigenvalue weighted by Gasteiger charge is -2.33. The maximum atomic E-state index is 16.0. The summed E-state index contributed by atoms with van der Waals surface area (Å²) in [5.41, 5.74) is 2.59. The van der Waals surface area contributed by atoms with Gasteiger partial charge in [0.15, 0.2) is 5.76 Å². The number of ether oxygens (including phenoxy) is 2. The zero-order valence-corrected chi connectivity index (χ0v) is 24.4. The van der Waals surface area contributed by atoms with E-state index in [1.807, 2.05) is 38.1 Å². The Kier molecular flexibility index (Phi) is 9.35. The molecule has 1 atom stereocenters. The Bertz CT molecular complexity index is 1510. The number of benzene rings is 3. The SMILES string of the molecule is C=CCOc1ccc(C2C(OC=O)=C(CC(C)(C)CC)Nc3c(O)cccc3N2C(=O)Cc2ccccc2C)c(F)c1. The van der Waals surface area contributed by atoms with E-state index in [9.17, 15) is 14.7 Å². The van der Waals surface area contributed by atoms with Gasteiger partial charge in [-0.1, -0.05) is 70.2 Å². The molecule has 42 heavy (non-hydrogen) atoms. The Morgan fingerprint density at radius 3 is 2.60 bits per heavy atom. The quantitative estimate of drug-likeness (QED) is 0.142. The first-order chi connectivity index (χ1) is 20.1. The van der Waals surface area contributed by atoms with Crippen LogP contribution in [0.1, 0.15) is 56.3 Å². The van der Waals surface area contributed by atoms with Crippen LogP contribution in [0.3, 0.4) is 0 Å². The summed E-state index contributed by atoms with van der Waals surface area (Å²) in [5, 5.41) is 14.3. The molecule has 0 aliphatic carbocycles. The van der Waals surface area contributed by atoms with Gasteiger partial charge in [0, 0.05) is 11.6 Å². The number of nitrogens with zero attached hydrogens (tertiary/aromatic N) is 1. The highest BCUT2D eigenvalue weighted by molar-refractivity contribution is 6.01. The number of phenols is 1. The second-order valence-corrected chi connectivity index (χ2v) is 11.1. The van der Waals surface area contributed by atoms with Crippen LogP contribution in [0, 0.1) is 18.2 Å². The third kappa shape index (κ3) is 6.48. The number of phenolic OH excluding ortho intramolecular Hbond substituents is 1. The van der Waals surface area contributed by atoms with E-state index in [4.69, 9.17) is 9.47 Å². The number of halogens is 1. The number of amides is 1. The summed E-state index contributed by atoms with van der Waals surface area (Å²) in [4.78, 5) is 27.7. The first kappa shape index (κ1) is 30.4. The number of allylic oxidation sites excluding steroid dienone is 1. The Hall–Kier alpha value is -4.59. The number of carbonyl (C=O) groups is 2. The molecule has 0 aromatic heterocycles. The Labute approximate surface area is 246 Å². The molecule has 3 aromatic carbocycles. The molecule has 0 radical (unpaired) electrons. The molecule has 0 saturated carbocycles. The van der Waals surface area contributed by atoms with Gasteiger partial charge in [0.25, 0.3) is 6.47 Å². The summed E-state index contributed by atoms with van der Waals surface area (Å²) in [6, 6.07) is 15.5. The molecular weight excluding hydrogens is 535 g/mol. The molecule has 0 spiro atoms. The third-order valence-corrected chi connectivity index (χ3v) is 7.65. The Balaban J connectivity index is 2.01. The van der Waals surface area contributed by atoms with Crippen LogP contribution in [0.15, 0.2) is 84.8 Å². The monoisotopic (exact) mass is 572 g/mol. The summed E-state index contributed by atoms with van der Waals surface area (Å²) < 4.78 is 27.2. The van der Waals surface area contributed by atoms with Gasteiger partial charge in [0.1, 0.15) is 35.7 Å². The van der Waals surface area contributed by atoms with E-state index in [1.165, 1.54) is 23.1 Å². The Morgan fingerprint density at radius 2 is 1.93 bits per heavy atom. The number of hydrogen-bond acceptors (Lipinski definition) is 6. The smallest absolute Gasteiger partial charge is 0.298 e. The molecule has 0 bridgehead atoms. The van der Waals surface area contributed by atoms with Crippen molar-refractivity contribution in [3.8, 4) is 11.5 Å². The lowest BCUT2D eigenvalue weighted by molar-refractivity contribution is -0.126. The average Bonchev–Trinajstić information content (AvgIpc) is 3.08. The zero-order valence-electron chi connectivity index (χ0n) is 24.4. The molecule has 2 N–H and O–H groups in total. The van der Waals surface area contributed by atoms with Gasteiger partial charge in [-0.05, 0) is 54.2 Å². The molecule has 0 fully saturated rings. The number of rotatable bonds is 11. The highest BCUT2D eigenvalue weighted by Crippen LogP contribution is 2.48. The van der Waals surface area contributed by atoms with Gasteiger partial charge in [-0.3, -0.25) is 14.5 Å². The van der Waals surface area contributed by atoms with Crippen LogP contribution >= 0.6 is 0 Å². The van der Waals surface area contributed by atoms with Crippen molar-refractivity contribution in [3.05, 3.63) is 107 Å². The van der Waals surface area contributed by atoms with Crippen LogP contribution in [0.2, 0.25) is 0 Å². The minimum Gasteiger partial charge on any atom is -0.506 e. The number of aromatic hydroxyl groups is 1. The van der Waals surface area contributed by atoms with Crippen LogP contribution in [-0.2, 0) is 20.7 Å². The van der Waals surface area contributed by atoms with Crippen LogP contribution in [0.25, 0.3) is 0 Å². The molecular formula is C34H37FN2O5. The van der Waals surface area contributed by atoms with Crippen molar-refractivity contribution in [2.24, 2.45) is 5.41 Å². The normalized spacial score (nSPS) is 14.9. The van der Waals surface area contributed by atoms with Crippen LogP contribution < -0.4 is 15.0 Å². The first-order valence-electron chi connectivity index (χ1n) is 13.9. The fraction of sp³-hybridized carbons (Fsp3) is 0.294. The van der Waals surface area contributed by atoms with E-state index in [0.29, 0.717) is 17.8 Å². The standard InChI is InChI=1S/C34H37FN2O5/c1-6-17-41-24-15-16-25(26(35)19-24)32-33(42-21-38)27(20-34(4,5)7-2)36-31-28(13-10-14-29(31)39)37(32)30(40)18-23-12-9-8-11-22(23)3/h6,8-16,19,21,32,36,39H,1,7,17-18,20H2,2-5H3. The van der Waals surface area contributed by atoms with Crippen molar-refractivity contribution in [1.29, 1.82) is 0 Å². The molecule has 1 heterocycles. The zero-order chi connectivity index (χ0) is 30.4. The molecule has 4 rings (SSSR count). The number of nitrogens with one attached hydrogen (secondary N) is 1. The summed E-state index contributed by atoms with van der Waals surface area (Å²) in [6.07, 6.45) is 2.71. The van der Waals surface area contributed by atoms with E-state index < -0.39 is 11.9 Å². The summed E-state index contributed by atoms with van der Waals surface area (Å²) in [7, 11) is 0. The number of para-hydroxylation sites is 1. The van der Waals surface area contributed by atoms with E-state index in [1.54, 1.807) is 24.3 Å². The van der Waals surface area contributed by atoms with Crippen molar-refractivity contribution < 1.29 is 28.6 Å². The van der Waals surface area contributed by atoms with Gasteiger partial charge in [-0.2, -0.15) is 0 Å². The number of fused-ring (bicyclic) bond motifs is 1. The molecule has 1 amide bonds. The van der Waals surface area contributed by atoms with Crippen LogP contribution in [0.4, 0.5) is 15.8 Å². The minimum atomic E-state index is -1.18. The second kappa shape index (κ2) is 12.9. The van der Waals surface area contributed by atoms with Gasteiger partial charge in [-0.25, -0.2) is 4.39 Å². The third-order valence-electron chi connectivity index (χ3n) is 7.65. The fourth-order valence-corrected chi connectivity index (χ4v) is 5.00. The summed E-state index contributed by atoms with van der Waals surface area (Å²) in [5.74, 6) is -0.781. The van der Waals surface area contributed by atoms with E-state index in [-0.39, 0.29) is 59.3 Å². The minimum absolute atomic E-state index is 0.00935.